The zero-order valence-electron chi connectivity index (χ0n) is 20.9. The van der Waals surface area contributed by atoms with E-state index < -0.39 is 5.60 Å². The number of carbonyl (C=O) groups is 2. The maximum Gasteiger partial charge on any atom is 0.407 e. The largest absolute Gasteiger partial charge is 0.460 e. The van der Waals surface area contributed by atoms with Gasteiger partial charge < -0.3 is 14.8 Å². The molecule has 5 nitrogen and oxygen atoms in total. The predicted molar refractivity (Wildman–Crippen MR) is 125 cm³/mol. The quantitative estimate of drug-likeness (QED) is 0.222. The maximum absolute atomic E-state index is 11.7. The minimum absolute atomic E-state index is 0.0746. The second-order valence-corrected chi connectivity index (χ2v) is 10.4. The first kappa shape index (κ1) is 28.7. The molecule has 0 aliphatic rings. The second-order valence-electron chi connectivity index (χ2n) is 10.4. The normalized spacial score (nSPS) is 13.0. The van der Waals surface area contributed by atoms with E-state index >= 15 is 0 Å². The van der Waals surface area contributed by atoms with Gasteiger partial charge in [-0.2, -0.15) is 0 Å². The molecule has 0 aliphatic carbocycles. The molecule has 0 saturated carbocycles. The van der Waals surface area contributed by atoms with Crippen molar-refractivity contribution in [3.05, 3.63) is 0 Å². The first-order valence-electron chi connectivity index (χ1n) is 12.1. The Labute approximate surface area is 186 Å². The number of amides is 1. The Morgan fingerprint density at radius 2 is 1.23 bits per heavy atom. The molecule has 0 aromatic rings. The van der Waals surface area contributed by atoms with Gasteiger partial charge in [-0.3, -0.25) is 4.79 Å². The van der Waals surface area contributed by atoms with Crippen LogP contribution in [0.5, 0.6) is 0 Å². The van der Waals surface area contributed by atoms with Crippen molar-refractivity contribution < 1.29 is 19.1 Å². The smallest absolute Gasteiger partial charge is 0.407 e. The molecule has 0 aromatic heterocycles. The van der Waals surface area contributed by atoms with Gasteiger partial charge in [0.05, 0.1) is 0 Å². The number of ether oxygens (including phenoxy) is 2. The van der Waals surface area contributed by atoms with E-state index in [0.29, 0.717) is 13.0 Å². The topological polar surface area (TPSA) is 64.6 Å². The van der Waals surface area contributed by atoms with Crippen molar-refractivity contribution in [1.29, 1.82) is 0 Å². The zero-order valence-corrected chi connectivity index (χ0v) is 20.9. The fourth-order valence-electron chi connectivity index (χ4n) is 3.43. The molecule has 178 valence electrons. The number of hydrogen-bond acceptors (Lipinski definition) is 4. The van der Waals surface area contributed by atoms with Crippen LogP contribution in [0.2, 0.25) is 0 Å². The Bertz CT molecular complexity index is 463. The van der Waals surface area contributed by atoms with E-state index in [9.17, 15) is 9.59 Å². The van der Waals surface area contributed by atoms with E-state index in [2.05, 4.69) is 12.2 Å². The molecule has 0 aromatic carbocycles. The standard InChI is InChI=1S/C25H49NO4/c1-8-21(18-16-20-26-23(28)30-25(5,6)7)17-14-12-10-9-11-13-15-19-22(27)29-24(2,3)4/h21H,8-20H2,1-7H3,(H,26,28). The fourth-order valence-corrected chi connectivity index (χ4v) is 3.43. The Kier molecular flexibility index (Phi) is 14.9. The van der Waals surface area contributed by atoms with Gasteiger partial charge in [-0.15, -0.1) is 0 Å². The van der Waals surface area contributed by atoms with Gasteiger partial charge in [-0.05, 0) is 66.7 Å². The number of rotatable bonds is 15. The molecular formula is C25H49NO4. The van der Waals surface area contributed by atoms with Crippen molar-refractivity contribution in [1.82, 2.24) is 5.32 Å². The van der Waals surface area contributed by atoms with Crippen LogP contribution in [0.25, 0.3) is 0 Å². The highest BCUT2D eigenvalue weighted by Gasteiger charge is 2.16. The maximum atomic E-state index is 11.7. The SMILES string of the molecule is CCC(CCCCCCCCCC(=O)OC(C)(C)C)CCCNC(=O)OC(C)(C)C. The van der Waals surface area contributed by atoms with Crippen molar-refractivity contribution in [3.8, 4) is 0 Å². The third-order valence-electron chi connectivity index (χ3n) is 4.95. The van der Waals surface area contributed by atoms with Crippen LogP contribution < -0.4 is 5.32 Å². The number of carbonyl (C=O) groups excluding carboxylic acids is 2. The minimum atomic E-state index is -0.436. The summed E-state index contributed by atoms with van der Waals surface area (Å²) in [4.78, 5) is 23.3. The fraction of sp³-hybridized carbons (Fsp3) is 0.920. The van der Waals surface area contributed by atoms with Crippen LogP contribution in [0.3, 0.4) is 0 Å². The van der Waals surface area contributed by atoms with Crippen molar-refractivity contribution in [2.45, 2.75) is 137 Å². The van der Waals surface area contributed by atoms with E-state index in [1.54, 1.807) is 0 Å². The van der Waals surface area contributed by atoms with E-state index in [4.69, 9.17) is 9.47 Å². The molecular weight excluding hydrogens is 378 g/mol. The first-order chi connectivity index (χ1) is 13.9. The third-order valence-corrected chi connectivity index (χ3v) is 4.95. The van der Waals surface area contributed by atoms with Crippen molar-refractivity contribution >= 4 is 12.1 Å². The molecule has 0 aliphatic heterocycles. The van der Waals surface area contributed by atoms with Crippen LogP contribution in [0.15, 0.2) is 0 Å². The van der Waals surface area contributed by atoms with E-state index in [1.807, 2.05) is 41.5 Å². The van der Waals surface area contributed by atoms with Crippen molar-refractivity contribution in [2.75, 3.05) is 6.54 Å². The van der Waals surface area contributed by atoms with Gasteiger partial charge in [0, 0.05) is 13.0 Å². The summed E-state index contributed by atoms with van der Waals surface area (Å²) in [5, 5.41) is 2.85. The van der Waals surface area contributed by atoms with Gasteiger partial charge in [-0.1, -0.05) is 58.3 Å². The van der Waals surface area contributed by atoms with Crippen LogP contribution in [0, 0.1) is 5.92 Å². The Hall–Kier alpha value is -1.26. The molecule has 0 heterocycles. The van der Waals surface area contributed by atoms with E-state index in [1.165, 1.54) is 44.9 Å². The minimum Gasteiger partial charge on any atom is -0.460 e. The molecule has 1 unspecified atom stereocenters. The van der Waals surface area contributed by atoms with Crippen LogP contribution in [-0.2, 0) is 14.3 Å². The number of unbranched alkanes of at least 4 members (excludes halogenated alkanes) is 6. The average Bonchev–Trinajstić information content (AvgIpc) is 2.58. The summed E-state index contributed by atoms with van der Waals surface area (Å²) in [6, 6.07) is 0. The highest BCUT2D eigenvalue weighted by Crippen LogP contribution is 2.20. The van der Waals surface area contributed by atoms with E-state index in [0.717, 1.165) is 31.6 Å². The molecule has 30 heavy (non-hydrogen) atoms. The van der Waals surface area contributed by atoms with Crippen LogP contribution in [0.1, 0.15) is 126 Å². The lowest BCUT2D eigenvalue weighted by atomic mass is 9.93. The van der Waals surface area contributed by atoms with Crippen molar-refractivity contribution in [2.24, 2.45) is 5.92 Å². The number of hydrogen-bond donors (Lipinski definition) is 1. The second kappa shape index (κ2) is 15.5. The molecule has 0 radical (unpaired) electrons. The molecule has 1 N–H and O–H groups in total. The third kappa shape index (κ3) is 20.0. The molecule has 0 bridgehead atoms. The summed E-state index contributed by atoms with van der Waals surface area (Å²) in [7, 11) is 0. The van der Waals surface area contributed by atoms with Gasteiger partial charge in [0.2, 0.25) is 0 Å². The van der Waals surface area contributed by atoms with Gasteiger partial charge in [0.1, 0.15) is 11.2 Å². The molecule has 1 amide bonds. The Morgan fingerprint density at radius 1 is 0.733 bits per heavy atom. The zero-order chi connectivity index (χ0) is 23.0. The molecule has 1 atom stereocenters. The number of nitrogens with one attached hydrogen (secondary N) is 1. The summed E-state index contributed by atoms with van der Waals surface area (Å²) in [5.74, 6) is 0.675. The summed E-state index contributed by atoms with van der Waals surface area (Å²) < 4.78 is 10.6. The number of esters is 1. The first-order valence-corrected chi connectivity index (χ1v) is 12.1. The Morgan fingerprint density at radius 3 is 1.77 bits per heavy atom. The van der Waals surface area contributed by atoms with Crippen LogP contribution in [-0.4, -0.2) is 29.8 Å². The predicted octanol–water partition coefficient (Wildman–Crippen LogP) is 7.17. The molecule has 0 spiro atoms. The summed E-state index contributed by atoms with van der Waals surface area (Å²) >= 11 is 0. The van der Waals surface area contributed by atoms with E-state index in [-0.39, 0.29) is 17.7 Å². The molecule has 0 fully saturated rings. The lowest BCUT2D eigenvalue weighted by Crippen LogP contribution is -2.33. The monoisotopic (exact) mass is 427 g/mol. The lowest BCUT2D eigenvalue weighted by molar-refractivity contribution is -0.154. The molecule has 0 saturated heterocycles. The highest BCUT2D eigenvalue weighted by molar-refractivity contribution is 5.69. The lowest BCUT2D eigenvalue weighted by Gasteiger charge is -2.20. The average molecular weight is 428 g/mol. The van der Waals surface area contributed by atoms with Gasteiger partial charge >= 0.3 is 12.1 Å². The summed E-state index contributed by atoms with van der Waals surface area (Å²) in [6.07, 6.45) is 13.2. The van der Waals surface area contributed by atoms with Crippen LogP contribution >= 0.6 is 0 Å². The molecule has 0 rings (SSSR count). The van der Waals surface area contributed by atoms with Gasteiger partial charge in [-0.25, -0.2) is 4.79 Å². The van der Waals surface area contributed by atoms with Crippen LogP contribution in [0.4, 0.5) is 4.79 Å². The van der Waals surface area contributed by atoms with Gasteiger partial charge in [0.25, 0.3) is 0 Å². The summed E-state index contributed by atoms with van der Waals surface area (Å²) in [5.41, 5.74) is -0.809. The highest BCUT2D eigenvalue weighted by atomic mass is 16.6. The summed E-state index contributed by atoms with van der Waals surface area (Å²) in [6.45, 7) is 14.3. The number of alkyl carbamates (subject to hydrolysis) is 1. The van der Waals surface area contributed by atoms with Crippen molar-refractivity contribution in [3.63, 3.8) is 0 Å². The Balaban J connectivity index is 3.59. The molecule has 5 heteroatoms. The van der Waals surface area contributed by atoms with Gasteiger partial charge in [0.15, 0.2) is 0 Å².